The van der Waals surface area contributed by atoms with Crippen molar-refractivity contribution in [3.05, 3.63) is 374 Å². The SMILES string of the molecule is c1ccc([Si]2(c3ccccc3)c3ccccc3-c3cccc(-c4cccc5c(-c6cccc7c6-c6ccccc6C76c7ccccc7-c7c6ccc6ccccc76)c6cccc(-c7cccc8c7[Si](c7ccccc7)(c7ccccc7)c7ccccc7-8)c6cc45)c32)cc1. The van der Waals surface area contributed by atoms with Crippen LogP contribution in [-0.4, -0.2) is 16.1 Å². The molecular weight excluding hydrogens is 1150 g/mol. The summed E-state index contributed by atoms with van der Waals surface area (Å²) >= 11 is 0. The third-order valence-electron chi connectivity index (χ3n) is 21.8. The van der Waals surface area contributed by atoms with E-state index in [0.29, 0.717) is 0 Å². The molecule has 20 rings (SSSR count). The lowest BCUT2D eigenvalue weighted by Crippen LogP contribution is -2.73. The van der Waals surface area contributed by atoms with Gasteiger partial charge in [-0.15, -0.1) is 0 Å². The minimum atomic E-state index is -3.00. The van der Waals surface area contributed by atoms with Gasteiger partial charge >= 0.3 is 0 Å². The van der Waals surface area contributed by atoms with Crippen LogP contribution in [0.1, 0.15) is 22.3 Å². The molecule has 16 aromatic carbocycles. The monoisotopic (exact) mass is 1210 g/mol. The molecule has 1 unspecified atom stereocenters. The second-order valence-corrected chi connectivity index (χ2v) is 33.2. The zero-order valence-corrected chi connectivity index (χ0v) is 53.0. The Labute approximate surface area is 543 Å². The summed E-state index contributed by atoms with van der Waals surface area (Å²) in [4.78, 5) is 0. The lowest BCUT2D eigenvalue weighted by molar-refractivity contribution is 0.794. The lowest BCUT2D eigenvalue weighted by atomic mass is 9.70. The average molecular weight is 1210 g/mol. The van der Waals surface area contributed by atoms with Crippen LogP contribution >= 0.6 is 0 Å². The third kappa shape index (κ3) is 6.83. The lowest BCUT2D eigenvalue weighted by Gasteiger charge is -2.33. The van der Waals surface area contributed by atoms with E-state index in [4.69, 9.17) is 0 Å². The second kappa shape index (κ2) is 19.9. The number of hydrogen-bond donors (Lipinski definition) is 0. The highest BCUT2D eigenvalue weighted by Crippen LogP contribution is 2.65. The quantitative estimate of drug-likeness (QED) is 0.110. The highest BCUT2D eigenvalue weighted by atomic mass is 28.3. The predicted molar refractivity (Wildman–Crippen MR) is 397 cm³/mol. The Morgan fingerprint density at radius 1 is 0.183 bits per heavy atom. The molecule has 0 aromatic heterocycles. The minimum Gasteiger partial charge on any atom is -0.0623 e. The van der Waals surface area contributed by atoms with Crippen LogP contribution < -0.4 is 41.5 Å². The van der Waals surface area contributed by atoms with E-state index in [2.05, 4.69) is 352 Å². The summed E-state index contributed by atoms with van der Waals surface area (Å²) in [7, 11) is -6.00. The first-order valence-corrected chi connectivity index (χ1v) is 36.7. The minimum absolute atomic E-state index is 0.556. The van der Waals surface area contributed by atoms with E-state index >= 15 is 0 Å². The summed E-state index contributed by atoms with van der Waals surface area (Å²) in [5.74, 6) is 0. The number of fused-ring (bicyclic) bond motifs is 20. The van der Waals surface area contributed by atoms with Crippen LogP contribution in [0, 0.1) is 0 Å². The molecule has 1 atom stereocenters. The van der Waals surface area contributed by atoms with Gasteiger partial charge in [0.25, 0.3) is 0 Å². The Morgan fingerprint density at radius 3 is 1.02 bits per heavy atom. The van der Waals surface area contributed by atoms with Gasteiger partial charge in [0.1, 0.15) is 0 Å². The van der Waals surface area contributed by atoms with E-state index in [9.17, 15) is 0 Å². The van der Waals surface area contributed by atoms with Gasteiger partial charge in [0, 0.05) is 0 Å². The molecule has 430 valence electrons. The normalized spacial score (nSPS) is 15.3. The zero-order valence-electron chi connectivity index (χ0n) is 51.0. The molecule has 2 heterocycles. The van der Waals surface area contributed by atoms with E-state index in [1.54, 1.807) is 0 Å². The van der Waals surface area contributed by atoms with Gasteiger partial charge in [0.2, 0.25) is 0 Å². The molecule has 0 radical (unpaired) electrons. The van der Waals surface area contributed by atoms with Gasteiger partial charge in [0.15, 0.2) is 16.1 Å². The summed E-state index contributed by atoms with van der Waals surface area (Å²) in [5, 5.41) is 18.9. The van der Waals surface area contributed by atoms with E-state index in [0.717, 1.165) is 0 Å². The molecule has 2 aliphatic carbocycles. The first-order valence-electron chi connectivity index (χ1n) is 32.7. The average Bonchev–Trinajstić information content (AvgIpc) is 1.52. The van der Waals surface area contributed by atoms with Crippen LogP contribution in [0.4, 0.5) is 0 Å². The van der Waals surface area contributed by atoms with Crippen LogP contribution in [0.15, 0.2) is 352 Å². The number of benzene rings is 16. The van der Waals surface area contributed by atoms with Gasteiger partial charge in [0.05, 0.1) is 5.41 Å². The standard InChI is InChI=1S/C91H58Si2/c1-5-29-60(30-6-1)92(61-31-7-2-8-32-61)84-54-21-17-38-67(84)73-48-25-46-71(89(73)92)65-42-23-44-69-78(65)58-79-66(72-47-26-49-74-68-39-18-22-55-85(68)93(90(72)74,62-33-9-3-10-34-62)63-35-11-4-12-36-63)43-24-45-70(79)86(69)77-50-27-53-82-88(77)76-41-16-20-52-81(76)91(82)80-51-19-15-40-75(80)87-64-37-14-13-28-59(64)56-57-83(87)91/h1-58H. The molecule has 0 saturated heterocycles. The molecule has 0 fully saturated rings. The molecule has 93 heavy (non-hydrogen) atoms. The molecule has 2 heteroatoms. The van der Waals surface area contributed by atoms with Crippen molar-refractivity contribution >= 4 is 90.0 Å². The predicted octanol–water partition coefficient (Wildman–Crippen LogP) is 17.2. The smallest absolute Gasteiger partial charge is 0.0623 e. The summed E-state index contributed by atoms with van der Waals surface area (Å²) in [6.07, 6.45) is 0. The van der Waals surface area contributed by atoms with Crippen molar-refractivity contribution in [3.63, 3.8) is 0 Å². The second-order valence-electron chi connectivity index (χ2n) is 25.8. The molecule has 0 saturated carbocycles. The molecule has 4 aliphatic rings. The Morgan fingerprint density at radius 2 is 0.516 bits per heavy atom. The largest absolute Gasteiger partial charge is 0.181 e. The van der Waals surface area contributed by atoms with Gasteiger partial charge in [-0.3, -0.25) is 0 Å². The van der Waals surface area contributed by atoms with Crippen molar-refractivity contribution in [1.82, 2.24) is 0 Å². The Balaban J connectivity index is 0.939. The maximum absolute atomic E-state index is 3.00. The molecular formula is C91H58Si2. The van der Waals surface area contributed by atoms with E-state index in [1.807, 2.05) is 0 Å². The van der Waals surface area contributed by atoms with Gasteiger partial charge < -0.3 is 0 Å². The van der Waals surface area contributed by atoms with Crippen LogP contribution in [0.25, 0.3) is 110 Å². The summed E-state index contributed by atoms with van der Waals surface area (Å²) in [5.41, 5.74) is 23.0. The van der Waals surface area contributed by atoms with E-state index in [-0.39, 0.29) is 0 Å². The molecule has 0 amide bonds. The van der Waals surface area contributed by atoms with Crippen molar-refractivity contribution in [3.8, 4) is 77.9 Å². The highest BCUT2D eigenvalue weighted by molar-refractivity contribution is 7.23. The van der Waals surface area contributed by atoms with Crippen LogP contribution in [0.5, 0.6) is 0 Å². The molecule has 0 bridgehead atoms. The zero-order chi connectivity index (χ0) is 61.0. The number of hydrogen-bond acceptors (Lipinski definition) is 0. The maximum Gasteiger partial charge on any atom is 0.181 e. The third-order valence-corrected chi connectivity index (χ3v) is 31.7. The van der Waals surface area contributed by atoms with Crippen LogP contribution in [-0.2, 0) is 5.41 Å². The van der Waals surface area contributed by atoms with Crippen molar-refractivity contribution < 1.29 is 0 Å². The van der Waals surface area contributed by atoms with Crippen molar-refractivity contribution in [2.45, 2.75) is 5.41 Å². The highest BCUT2D eigenvalue weighted by Gasteiger charge is 2.54. The summed E-state index contributed by atoms with van der Waals surface area (Å²) in [6, 6.07) is 136. The summed E-state index contributed by atoms with van der Waals surface area (Å²) < 4.78 is 0. The fraction of sp³-hybridized carbons (Fsp3) is 0.0110. The van der Waals surface area contributed by atoms with Gasteiger partial charge in [-0.05, 0) is 180 Å². The van der Waals surface area contributed by atoms with Gasteiger partial charge in [-0.2, -0.15) is 0 Å². The van der Waals surface area contributed by atoms with Crippen molar-refractivity contribution in [2.75, 3.05) is 0 Å². The van der Waals surface area contributed by atoms with E-state index < -0.39 is 21.6 Å². The molecule has 0 N–H and O–H groups in total. The molecule has 1 spiro atoms. The first-order chi connectivity index (χ1) is 46.2. The Hall–Kier alpha value is -11.3. The van der Waals surface area contributed by atoms with Crippen LogP contribution in [0.3, 0.4) is 0 Å². The molecule has 0 nitrogen and oxygen atoms in total. The summed E-state index contributed by atoms with van der Waals surface area (Å²) in [6.45, 7) is 0. The van der Waals surface area contributed by atoms with Crippen molar-refractivity contribution in [2.24, 2.45) is 0 Å². The fourth-order valence-electron chi connectivity index (χ4n) is 18.5. The number of rotatable bonds is 7. The molecule has 16 aromatic rings. The molecule has 2 aliphatic heterocycles. The van der Waals surface area contributed by atoms with E-state index in [1.165, 1.54) is 174 Å². The fourth-order valence-corrected chi connectivity index (χ4v) is 29.3. The maximum atomic E-state index is 2.62. The Bertz CT molecular complexity index is 5490. The first kappa shape index (κ1) is 52.5. The van der Waals surface area contributed by atoms with Crippen LogP contribution in [0.2, 0.25) is 0 Å². The van der Waals surface area contributed by atoms with Crippen molar-refractivity contribution in [1.29, 1.82) is 0 Å². The van der Waals surface area contributed by atoms with Gasteiger partial charge in [-0.1, -0.05) is 346 Å². The van der Waals surface area contributed by atoms with Gasteiger partial charge in [-0.25, -0.2) is 0 Å². The Kier molecular flexibility index (Phi) is 11.2. The topological polar surface area (TPSA) is 0 Å².